The predicted octanol–water partition coefficient (Wildman–Crippen LogP) is 4.37. The Balaban J connectivity index is 1.38. The normalized spacial score (nSPS) is 10.8. The molecule has 198 valence electrons. The first-order valence-electron chi connectivity index (χ1n) is 12.0. The summed E-state index contributed by atoms with van der Waals surface area (Å²) in [4.78, 5) is 30.1. The molecule has 0 spiro atoms. The van der Waals surface area contributed by atoms with Gasteiger partial charge in [0.1, 0.15) is 17.3 Å². The maximum absolute atomic E-state index is 13.1. The summed E-state index contributed by atoms with van der Waals surface area (Å²) in [6, 6.07) is 7.06. The number of aromatic nitrogens is 6. The van der Waals surface area contributed by atoms with Crippen LogP contribution in [0, 0.1) is 6.92 Å². The van der Waals surface area contributed by atoms with Crippen molar-refractivity contribution in [3.05, 3.63) is 72.7 Å². The number of carbonyl (C=O) groups excluding carboxylic acids is 1. The maximum Gasteiger partial charge on any atom is 0.281 e. The number of fused-ring (bicyclic) bond motifs is 1. The molecule has 4 heterocycles. The lowest BCUT2D eigenvalue weighted by Gasteiger charge is -2.14. The molecule has 4 aromatic heterocycles. The Morgan fingerprint density at radius 3 is 2.46 bits per heavy atom. The smallest absolute Gasteiger partial charge is 0.281 e. The first-order chi connectivity index (χ1) is 19.0. The zero-order valence-electron chi connectivity index (χ0n) is 21.7. The number of methoxy groups -OCH3 is 2. The molecule has 0 atom stereocenters. The minimum absolute atomic E-state index is 0.0925. The van der Waals surface area contributed by atoms with Crippen LogP contribution in [0.2, 0.25) is 0 Å². The van der Waals surface area contributed by atoms with Crippen LogP contribution < -0.4 is 24.3 Å². The van der Waals surface area contributed by atoms with E-state index in [0.717, 1.165) is 10.9 Å². The van der Waals surface area contributed by atoms with E-state index in [1.54, 1.807) is 57.2 Å². The molecule has 5 rings (SSSR count). The molecule has 0 saturated heterocycles. The number of amides is 1. The summed E-state index contributed by atoms with van der Waals surface area (Å²) in [5.41, 5.74) is 1.53. The van der Waals surface area contributed by atoms with Gasteiger partial charge in [0.05, 0.1) is 44.9 Å². The molecule has 1 N–H and O–H groups in total. The first-order valence-corrected chi connectivity index (χ1v) is 12.0. The molecule has 0 aliphatic carbocycles. The molecule has 5 aromatic rings. The summed E-state index contributed by atoms with van der Waals surface area (Å²) in [6.07, 6.45) is 9.40. The molecular weight excluding hydrogens is 502 g/mol. The minimum Gasteiger partial charge on any atom is -0.493 e. The Kier molecular flexibility index (Phi) is 7.17. The van der Waals surface area contributed by atoms with Crippen molar-refractivity contribution < 1.29 is 23.7 Å². The SMILES string of the molecule is CCOc1cn(-c2cnccn2)nc1C(=O)Nc1cc(C)c(Oc2ccnc3cc(OC)c(OC)cc23)cn1. The lowest BCUT2D eigenvalue weighted by atomic mass is 10.1. The molecule has 0 saturated carbocycles. The summed E-state index contributed by atoms with van der Waals surface area (Å²) in [7, 11) is 3.14. The number of pyridine rings is 2. The lowest BCUT2D eigenvalue weighted by Crippen LogP contribution is -2.15. The summed E-state index contributed by atoms with van der Waals surface area (Å²) >= 11 is 0. The van der Waals surface area contributed by atoms with Gasteiger partial charge in [-0.25, -0.2) is 14.6 Å². The number of nitrogens with zero attached hydrogens (tertiary/aromatic N) is 6. The highest BCUT2D eigenvalue weighted by Crippen LogP contribution is 2.37. The van der Waals surface area contributed by atoms with Crippen LogP contribution in [0.5, 0.6) is 28.7 Å². The highest BCUT2D eigenvalue weighted by Gasteiger charge is 2.20. The van der Waals surface area contributed by atoms with Gasteiger partial charge < -0.3 is 24.3 Å². The van der Waals surface area contributed by atoms with Crippen molar-refractivity contribution >= 4 is 22.6 Å². The second kappa shape index (κ2) is 11.0. The molecule has 1 aromatic carbocycles. The highest BCUT2D eigenvalue weighted by molar-refractivity contribution is 6.04. The van der Waals surface area contributed by atoms with Crippen LogP contribution in [-0.4, -0.2) is 56.5 Å². The molecule has 0 aliphatic rings. The number of nitrogens with one attached hydrogen (secondary N) is 1. The van der Waals surface area contributed by atoms with Crippen molar-refractivity contribution in [3.63, 3.8) is 0 Å². The van der Waals surface area contributed by atoms with E-state index in [0.29, 0.717) is 52.5 Å². The summed E-state index contributed by atoms with van der Waals surface area (Å²) in [5, 5.41) is 7.86. The summed E-state index contributed by atoms with van der Waals surface area (Å²) < 4.78 is 24.0. The van der Waals surface area contributed by atoms with Crippen molar-refractivity contribution in [2.75, 3.05) is 26.1 Å². The van der Waals surface area contributed by atoms with E-state index in [1.165, 1.54) is 17.1 Å². The molecule has 0 aliphatic heterocycles. The van der Waals surface area contributed by atoms with Crippen molar-refractivity contribution in [2.45, 2.75) is 13.8 Å². The second-order valence-corrected chi connectivity index (χ2v) is 8.21. The number of rotatable bonds is 9. The van der Waals surface area contributed by atoms with E-state index in [2.05, 4.69) is 30.4 Å². The van der Waals surface area contributed by atoms with Gasteiger partial charge in [0, 0.05) is 30.0 Å². The Hall–Kier alpha value is -5.26. The van der Waals surface area contributed by atoms with Crippen LogP contribution >= 0.6 is 0 Å². The minimum atomic E-state index is -0.483. The molecule has 0 unspecified atom stereocenters. The highest BCUT2D eigenvalue weighted by atomic mass is 16.5. The Bertz CT molecular complexity index is 1640. The summed E-state index contributed by atoms with van der Waals surface area (Å²) in [6.45, 7) is 4.04. The molecule has 12 heteroatoms. The number of hydrogen-bond acceptors (Lipinski definition) is 10. The number of benzene rings is 1. The molecule has 0 radical (unpaired) electrons. The third-order valence-electron chi connectivity index (χ3n) is 5.71. The fraction of sp³-hybridized carbons (Fsp3) is 0.185. The topological polar surface area (TPSA) is 135 Å². The van der Waals surface area contributed by atoms with E-state index in [4.69, 9.17) is 18.9 Å². The van der Waals surface area contributed by atoms with Crippen molar-refractivity contribution in [2.24, 2.45) is 0 Å². The van der Waals surface area contributed by atoms with Gasteiger partial charge in [-0.3, -0.25) is 14.8 Å². The zero-order chi connectivity index (χ0) is 27.4. The standard InChI is InChI=1S/C27H25N7O5/c1-5-38-23-15-34(25-14-28-8-9-30-25)33-26(23)27(35)32-24-10-16(2)22(13-31-24)39-19-6-7-29-18-12-21(37-4)20(36-3)11-17(18)19/h6-15H,5H2,1-4H3,(H,31,32,35). The van der Waals surface area contributed by atoms with Gasteiger partial charge in [0.25, 0.3) is 5.91 Å². The van der Waals surface area contributed by atoms with Gasteiger partial charge in [-0.15, -0.1) is 0 Å². The Morgan fingerprint density at radius 1 is 0.923 bits per heavy atom. The maximum atomic E-state index is 13.1. The lowest BCUT2D eigenvalue weighted by molar-refractivity contribution is 0.101. The fourth-order valence-corrected chi connectivity index (χ4v) is 3.85. The second-order valence-electron chi connectivity index (χ2n) is 8.21. The van der Waals surface area contributed by atoms with E-state index in [-0.39, 0.29) is 5.69 Å². The average Bonchev–Trinajstić information content (AvgIpc) is 3.38. The third kappa shape index (κ3) is 5.25. The molecule has 0 fully saturated rings. The zero-order valence-corrected chi connectivity index (χ0v) is 21.7. The largest absolute Gasteiger partial charge is 0.493 e. The van der Waals surface area contributed by atoms with Crippen LogP contribution in [-0.2, 0) is 0 Å². The Morgan fingerprint density at radius 2 is 1.74 bits per heavy atom. The van der Waals surface area contributed by atoms with Crippen molar-refractivity contribution in [3.8, 4) is 34.6 Å². The molecule has 1 amide bonds. The number of anilines is 1. The van der Waals surface area contributed by atoms with Crippen LogP contribution in [0.25, 0.3) is 16.7 Å². The van der Waals surface area contributed by atoms with Crippen molar-refractivity contribution in [1.29, 1.82) is 0 Å². The number of carbonyl (C=O) groups is 1. The van der Waals surface area contributed by atoms with Gasteiger partial charge in [-0.1, -0.05) is 0 Å². The van der Waals surface area contributed by atoms with Crippen LogP contribution in [0.15, 0.2) is 61.4 Å². The number of ether oxygens (including phenoxy) is 4. The summed E-state index contributed by atoms with van der Waals surface area (Å²) in [5.74, 6) is 2.82. The van der Waals surface area contributed by atoms with E-state index in [9.17, 15) is 4.79 Å². The van der Waals surface area contributed by atoms with Crippen LogP contribution in [0.4, 0.5) is 5.82 Å². The van der Waals surface area contributed by atoms with Gasteiger partial charge >= 0.3 is 0 Å². The van der Waals surface area contributed by atoms with E-state index >= 15 is 0 Å². The van der Waals surface area contributed by atoms with Gasteiger partial charge in [-0.05, 0) is 37.6 Å². The third-order valence-corrected chi connectivity index (χ3v) is 5.71. The van der Waals surface area contributed by atoms with Crippen molar-refractivity contribution in [1.82, 2.24) is 29.7 Å². The monoisotopic (exact) mass is 527 g/mol. The molecular formula is C27H25N7O5. The van der Waals surface area contributed by atoms with Gasteiger partial charge in [0.2, 0.25) is 0 Å². The molecule has 39 heavy (non-hydrogen) atoms. The molecule has 12 nitrogen and oxygen atoms in total. The quantitative estimate of drug-likeness (QED) is 0.294. The predicted molar refractivity (Wildman–Crippen MR) is 142 cm³/mol. The van der Waals surface area contributed by atoms with Gasteiger partial charge in [0.15, 0.2) is 28.8 Å². The number of aryl methyl sites for hydroxylation is 1. The average molecular weight is 528 g/mol. The fourth-order valence-electron chi connectivity index (χ4n) is 3.85. The van der Waals surface area contributed by atoms with Crippen LogP contribution in [0.3, 0.4) is 0 Å². The van der Waals surface area contributed by atoms with Crippen LogP contribution in [0.1, 0.15) is 23.0 Å². The van der Waals surface area contributed by atoms with Gasteiger partial charge in [-0.2, -0.15) is 5.10 Å². The first kappa shape index (κ1) is 25.4. The van der Waals surface area contributed by atoms with E-state index < -0.39 is 5.91 Å². The Labute approximate surface area is 223 Å². The van der Waals surface area contributed by atoms with E-state index in [1.807, 2.05) is 19.9 Å². The molecule has 0 bridgehead atoms. The number of hydrogen-bond donors (Lipinski definition) is 1.